The highest BCUT2D eigenvalue weighted by atomic mass is 16.5. The summed E-state index contributed by atoms with van der Waals surface area (Å²) in [5.41, 5.74) is 1.36. The predicted molar refractivity (Wildman–Crippen MR) is 114 cm³/mol. The molecule has 1 saturated heterocycles. The van der Waals surface area contributed by atoms with Crippen LogP contribution in [-0.4, -0.2) is 69.2 Å². The van der Waals surface area contributed by atoms with Crippen molar-refractivity contribution in [2.24, 2.45) is 10.9 Å². The van der Waals surface area contributed by atoms with Gasteiger partial charge in [0.1, 0.15) is 0 Å². The third kappa shape index (κ3) is 7.89. The van der Waals surface area contributed by atoms with Crippen LogP contribution in [0.15, 0.2) is 35.3 Å². The predicted octanol–water partition coefficient (Wildman–Crippen LogP) is 3.22. The number of rotatable bonds is 9. The molecule has 1 aromatic carbocycles. The minimum atomic E-state index is 0.517. The second-order valence-electron chi connectivity index (χ2n) is 7.78. The molecule has 5 heteroatoms. The molecule has 0 saturated carbocycles. The Kier molecular flexibility index (Phi) is 9.64. The van der Waals surface area contributed by atoms with Gasteiger partial charge in [-0.25, -0.2) is 0 Å². The van der Waals surface area contributed by atoms with E-state index in [4.69, 9.17) is 4.74 Å². The van der Waals surface area contributed by atoms with Crippen LogP contribution in [0.25, 0.3) is 0 Å². The van der Waals surface area contributed by atoms with Crippen molar-refractivity contribution >= 4 is 5.96 Å². The highest BCUT2D eigenvalue weighted by Gasteiger charge is 2.16. The van der Waals surface area contributed by atoms with Gasteiger partial charge in [-0.3, -0.25) is 9.89 Å². The fourth-order valence-corrected chi connectivity index (χ4v) is 3.54. The maximum atomic E-state index is 5.45. The molecule has 2 rings (SSSR count). The van der Waals surface area contributed by atoms with Gasteiger partial charge in [-0.1, -0.05) is 30.3 Å². The van der Waals surface area contributed by atoms with E-state index in [1.807, 2.05) is 7.05 Å². The zero-order chi connectivity index (χ0) is 19.5. The Balaban J connectivity index is 1.66. The summed E-state index contributed by atoms with van der Waals surface area (Å²) in [6.45, 7) is 7.12. The normalized spacial score (nSPS) is 17.1. The Labute approximate surface area is 165 Å². The standard InChI is InChI=1S/C22H38N4O/c1-19(26(4)18-21-8-6-5-7-9-21)10-14-24-22(23-2)25(3)15-11-20-12-16-27-17-13-20/h5-9,19-20H,10-18H2,1-4H3,(H,23,24). The van der Waals surface area contributed by atoms with Crippen LogP contribution in [0.2, 0.25) is 0 Å². The van der Waals surface area contributed by atoms with Gasteiger partial charge < -0.3 is 15.0 Å². The van der Waals surface area contributed by atoms with E-state index < -0.39 is 0 Å². The second kappa shape index (κ2) is 12.0. The van der Waals surface area contributed by atoms with Crippen LogP contribution >= 0.6 is 0 Å². The number of hydrogen-bond acceptors (Lipinski definition) is 3. The lowest BCUT2D eigenvalue weighted by molar-refractivity contribution is 0.0625. The summed E-state index contributed by atoms with van der Waals surface area (Å²) in [4.78, 5) is 9.12. The van der Waals surface area contributed by atoms with Gasteiger partial charge in [-0.05, 0) is 51.1 Å². The van der Waals surface area contributed by atoms with Crippen LogP contribution in [0.1, 0.15) is 38.2 Å². The van der Waals surface area contributed by atoms with E-state index in [0.717, 1.165) is 51.1 Å². The number of benzene rings is 1. The molecule has 1 aromatic rings. The van der Waals surface area contributed by atoms with E-state index >= 15 is 0 Å². The Morgan fingerprint density at radius 2 is 1.93 bits per heavy atom. The molecule has 152 valence electrons. The maximum Gasteiger partial charge on any atom is 0.193 e. The van der Waals surface area contributed by atoms with Crippen molar-refractivity contribution in [2.75, 3.05) is 47.4 Å². The number of ether oxygens (including phenoxy) is 1. The van der Waals surface area contributed by atoms with Gasteiger partial charge in [0.25, 0.3) is 0 Å². The molecule has 0 aliphatic carbocycles. The average Bonchev–Trinajstić information content (AvgIpc) is 2.70. The Morgan fingerprint density at radius 1 is 1.22 bits per heavy atom. The topological polar surface area (TPSA) is 40.1 Å². The van der Waals surface area contributed by atoms with Gasteiger partial charge >= 0.3 is 0 Å². The van der Waals surface area contributed by atoms with Gasteiger partial charge in [-0.15, -0.1) is 0 Å². The first kappa shape index (κ1) is 21.7. The van der Waals surface area contributed by atoms with Gasteiger partial charge in [0, 0.05) is 53.0 Å². The van der Waals surface area contributed by atoms with E-state index in [1.54, 1.807) is 0 Å². The largest absolute Gasteiger partial charge is 0.381 e. The van der Waals surface area contributed by atoms with E-state index in [9.17, 15) is 0 Å². The smallest absolute Gasteiger partial charge is 0.193 e. The van der Waals surface area contributed by atoms with E-state index in [1.165, 1.54) is 24.8 Å². The van der Waals surface area contributed by atoms with Crippen LogP contribution in [-0.2, 0) is 11.3 Å². The third-order valence-corrected chi connectivity index (χ3v) is 5.66. The molecule has 27 heavy (non-hydrogen) atoms. The molecule has 1 aliphatic rings. The van der Waals surface area contributed by atoms with Gasteiger partial charge in [0.05, 0.1) is 0 Å². The number of aliphatic imine (C=N–C) groups is 1. The van der Waals surface area contributed by atoms with Crippen molar-refractivity contribution in [1.82, 2.24) is 15.1 Å². The Hall–Kier alpha value is -1.59. The van der Waals surface area contributed by atoms with E-state index in [2.05, 4.69) is 71.5 Å². The van der Waals surface area contributed by atoms with Crippen LogP contribution in [0, 0.1) is 5.92 Å². The molecule has 0 amide bonds. The molecular weight excluding hydrogens is 336 g/mol. The van der Waals surface area contributed by atoms with Crippen LogP contribution in [0.5, 0.6) is 0 Å². The second-order valence-corrected chi connectivity index (χ2v) is 7.78. The summed E-state index contributed by atoms with van der Waals surface area (Å²) >= 11 is 0. The molecule has 0 bridgehead atoms. The minimum Gasteiger partial charge on any atom is -0.381 e. The van der Waals surface area contributed by atoms with Crippen molar-refractivity contribution in [3.8, 4) is 0 Å². The zero-order valence-corrected chi connectivity index (χ0v) is 17.7. The molecule has 1 atom stereocenters. The van der Waals surface area contributed by atoms with Gasteiger partial charge in [-0.2, -0.15) is 0 Å². The molecule has 1 fully saturated rings. The Bertz CT molecular complexity index is 543. The molecule has 1 N–H and O–H groups in total. The third-order valence-electron chi connectivity index (χ3n) is 5.66. The lowest BCUT2D eigenvalue weighted by Gasteiger charge is -2.28. The molecule has 0 radical (unpaired) electrons. The molecule has 1 unspecified atom stereocenters. The van der Waals surface area contributed by atoms with Crippen molar-refractivity contribution in [1.29, 1.82) is 0 Å². The van der Waals surface area contributed by atoms with Gasteiger partial charge in [0.2, 0.25) is 0 Å². The van der Waals surface area contributed by atoms with Crippen LogP contribution in [0.3, 0.4) is 0 Å². The van der Waals surface area contributed by atoms with Gasteiger partial charge in [0.15, 0.2) is 5.96 Å². The Morgan fingerprint density at radius 3 is 2.59 bits per heavy atom. The summed E-state index contributed by atoms with van der Waals surface area (Å²) in [6.07, 6.45) is 4.71. The molecule has 1 aliphatic heterocycles. The quantitative estimate of drug-likeness (QED) is 0.532. The minimum absolute atomic E-state index is 0.517. The summed E-state index contributed by atoms with van der Waals surface area (Å²) < 4.78 is 5.45. The van der Waals surface area contributed by atoms with Crippen molar-refractivity contribution < 1.29 is 4.74 Å². The lowest BCUT2D eigenvalue weighted by Crippen LogP contribution is -2.42. The number of nitrogens with one attached hydrogen (secondary N) is 1. The fraction of sp³-hybridized carbons (Fsp3) is 0.682. The van der Waals surface area contributed by atoms with E-state index in [-0.39, 0.29) is 0 Å². The molecule has 0 aromatic heterocycles. The maximum absolute atomic E-state index is 5.45. The summed E-state index contributed by atoms with van der Waals surface area (Å²) in [7, 11) is 6.21. The first-order valence-electron chi connectivity index (χ1n) is 10.3. The fourth-order valence-electron chi connectivity index (χ4n) is 3.54. The molecule has 0 spiro atoms. The summed E-state index contributed by atoms with van der Waals surface area (Å²) in [6, 6.07) is 11.2. The van der Waals surface area contributed by atoms with E-state index in [0.29, 0.717) is 6.04 Å². The van der Waals surface area contributed by atoms with Crippen LogP contribution in [0.4, 0.5) is 0 Å². The molecule has 1 heterocycles. The molecular formula is C22H38N4O. The molecule has 5 nitrogen and oxygen atoms in total. The van der Waals surface area contributed by atoms with Crippen molar-refractivity contribution in [2.45, 2.75) is 45.2 Å². The SMILES string of the molecule is CN=C(NCCC(C)N(C)Cc1ccccc1)N(C)CCC1CCOCC1. The number of guanidine groups is 1. The van der Waals surface area contributed by atoms with Crippen molar-refractivity contribution in [3.05, 3.63) is 35.9 Å². The first-order chi connectivity index (χ1) is 13.1. The highest BCUT2D eigenvalue weighted by Crippen LogP contribution is 2.18. The average molecular weight is 375 g/mol. The highest BCUT2D eigenvalue weighted by molar-refractivity contribution is 5.79. The van der Waals surface area contributed by atoms with Crippen molar-refractivity contribution in [3.63, 3.8) is 0 Å². The zero-order valence-electron chi connectivity index (χ0n) is 17.7. The summed E-state index contributed by atoms with van der Waals surface area (Å²) in [5.74, 6) is 1.80. The van der Waals surface area contributed by atoms with Crippen LogP contribution < -0.4 is 5.32 Å². The number of hydrogen-bond donors (Lipinski definition) is 1. The monoisotopic (exact) mass is 374 g/mol. The first-order valence-corrected chi connectivity index (χ1v) is 10.3. The summed E-state index contributed by atoms with van der Waals surface area (Å²) in [5, 5.41) is 3.53. The lowest BCUT2D eigenvalue weighted by atomic mass is 9.96. The number of nitrogens with zero attached hydrogens (tertiary/aromatic N) is 3.